The molecule has 1 amide bonds. The van der Waals surface area contributed by atoms with Crippen molar-refractivity contribution in [2.45, 2.75) is 70.7 Å². The number of nitrogens with zero attached hydrogens (tertiary/aromatic N) is 1. The minimum absolute atomic E-state index is 0.0213. The second kappa shape index (κ2) is 6.95. The molecule has 134 valence electrons. The molecule has 0 bridgehead atoms. The summed E-state index contributed by atoms with van der Waals surface area (Å²) in [6.45, 7) is 11.6. The van der Waals surface area contributed by atoms with E-state index in [9.17, 15) is 9.90 Å². The van der Waals surface area contributed by atoms with Gasteiger partial charge in [0, 0.05) is 19.1 Å². The summed E-state index contributed by atoms with van der Waals surface area (Å²) in [5, 5.41) is 13.8. The van der Waals surface area contributed by atoms with E-state index in [0.29, 0.717) is 32.2 Å². The summed E-state index contributed by atoms with van der Waals surface area (Å²) in [5.41, 5.74) is -1.19. The second-order valence-electron chi connectivity index (χ2n) is 8.12. The molecular formula is C17H32N2O4. The highest BCUT2D eigenvalue weighted by molar-refractivity contribution is 5.68. The van der Waals surface area contributed by atoms with Crippen molar-refractivity contribution in [2.24, 2.45) is 5.92 Å². The minimum Gasteiger partial charge on any atom is -0.444 e. The van der Waals surface area contributed by atoms with Gasteiger partial charge in [0.25, 0.3) is 0 Å². The summed E-state index contributed by atoms with van der Waals surface area (Å²) in [7, 11) is 0. The highest BCUT2D eigenvalue weighted by atomic mass is 16.6. The Labute approximate surface area is 139 Å². The Bertz CT molecular complexity index is 415. The lowest BCUT2D eigenvalue weighted by molar-refractivity contribution is -0.0421. The van der Waals surface area contributed by atoms with Gasteiger partial charge in [-0.2, -0.15) is 0 Å². The van der Waals surface area contributed by atoms with Crippen molar-refractivity contribution in [1.29, 1.82) is 0 Å². The number of hydrogen-bond donors (Lipinski definition) is 2. The molecule has 2 fully saturated rings. The number of ether oxygens (including phenoxy) is 2. The third kappa shape index (κ3) is 5.33. The quantitative estimate of drug-likeness (QED) is 0.805. The molecule has 3 atom stereocenters. The van der Waals surface area contributed by atoms with Crippen LogP contribution in [-0.4, -0.2) is 65.7 Å². The van der Waals surface area contributed by atoms with Gasteiger partial charge >= 0.3 is 6.09 Å². The Morgan fingerprint density at radius 2 is 2.04 bits per heavy atom. The number of amides is 1. The van der Waals surface area contributed by atoms with E-state index in [1.165, 1.54) is 0 Å². The third-order valence-corrected chi connectivity index (χ3v) is 4.61. The van der Waals surface area contributed by atoms with Gasteiger partial charge in [-0.15, -0.1) is 0 Å². The molecule has 0 aromatic heterocycles. The molecule has 6 heteroatoms. The van der Waals surface area contributed by atoms with Crippen molar-refractivity contribution in [2.75, 3.05) is 26.3 Å². The van der Waals surface area contributed by atoms with Gasteiger partial charge in [-0.05, 0) is 53.4 Å². The van der Waals surface area contributed by atoms with Crippen LogP contribution >= 0.6 is 0 Å². The van der Waals surface area contributed by atoms with E-state index < -0.39 is 11.2 Å². The monoisotopic (exact) mass is 328 g/mol. The van der Waals surface area contributed by atoms with Crippen molar-refractivity contribution in [3.8, 4) is 0 Å². The largest absolute Gasteiger partial charge is 0.444 e. The standard InChI is InChI=1S/C17H32N2O4/c1-12(18-11-17(5,21)13-6-7-13)14-10-22-9-8-19(14)15(20)23-16(2,3)4/h12-14,18,21H,6-11H2,1-5H3. The lowest BCUT2D eigenvalue weighted by Crippen LogP contribution is -2.59. The predicted molar refractivity (Wildman–Crippen MR) is 88.4 cm³/mol. The summed E-state index contributed by atoms with van der Waals surface area (Å²) >= 11 is 0. The summed E-state index contributed by atoms with van der Waals surface area (Å²) < 4.78 is 11.1. The smallest absolute Gasteiger partial charge is 0.410 e. The van der Waals surface area contributed by atoms with E-state index in [0.717, 1.165) is 12.8 Å². The molecule has 2 rings (SSSR count). The fraction of sp³-hybridized carbons (Fsp3) is 0.941. The maximum atomic E-state index is 12.4. The summed E-state index contributed by atoms with van der Waals surface area (Å²) in [6.07, 6.45) is 1.90. The van der Waals surface area contributed by atoms with Crippen molar-refractivity contribution >= 4 is 6.09 Å². The van der Waals surface area contributed by atoms with Crippen LogP contribution in [0.4, 0.5) is 4.79 Å². The van der Waals surface area contributed by atoms with Crippen LogP contribution in [0.25, 0.3) is 0 Å². The van der Waals surface area contributed by atoms with E-state index in [1.807, 2.05) is 34.6 Å². The van der Waals surface area contributed by atoms with Gasteiger partial charge < -0.3 is 19.9 Å². The van der Waals surface area contributed by atoms with E-state index in [-0.39, 0.29) is 18.2 Å². The van der Waals surface area contributed by atoms with Gasteiger partial charge in [0.15, 0.2) is 0 Å². The van der Waals surface area contributed by atoms with Gasteiger partial charge in [-0.25, -0.2) is 4.79 Å². The summed E-state index contributed by atoms with van der Waals surface area (Å²) in [4.78, 5) is 14.2. The lowest BCUT2D eigenvalue weighted by Gasteiger charge is -2.40. The molecule has 1 aliphatic carbocycles. The fourth-order valence-electron chi connectivity index (χ4n) is 2.94. The van der Waals surface area contributed by atoms with Gasteiger partial charge in [-0.3, -0.25) is 4.90 Å². The first kappa shape index (κ1) is 18.5. The molecule has 0 radical (unpaired) electrons. The molecule has 1 saturated carbocycles. The van der Waals surface area contributed by atoms with Crippen LogP contribution in [0.15, 0.2) is 0 Å². The van der Waals surface area contributed by atoms with Crippen molar-refractivity contribution in [1.82, 2.24) is 10.2 Å². The van der Waals surface area contributed by atoms with Crippen LogP contribution in [0.5, 0.6) is 0 Å². The molecule has 3 unspecified atom stereocenters. The number of carbonyl (C=O) groups excluding carboxylic acids is 1. The van der Waals surface area contributed by atoms with Gasteiger partial charge in [0.1, 0.15) is 5.60 Å². The average molecular weight is 328 g/mol. The fourth-order valence-corrected chi connectivity index (χ4v) is 2.94. The number of carbonyl (C=O) groups is 1. The Morgan fingerprint density at radius 3 is 2.61 bits per heavy atom. The highest BCUT2D eigenvalue weighted by Gasteiger charge is 2.41. The summed E-state index contributed by atoms with van der Waals surface area (Å²) in [6, 6.07) is -0.0679. The Balaban J connectivity index is 1.92. The molecule has 2 N–H and O–H groups in total. The lowest BCUT2D eigenvalue weighted by atomic mass is 9.99. The Kier molecular flexibility index (Phi) is 5.59. The van der Waals surface area contributed by atoms with Gasteiger partial charge in [0.2, 0.25) is 0 Å². The first-order valence-corrected chi connectivity index (χ1v) is 8.63. The molecule has 0 spiro atoms. The molecule has 23 heavy (non-hydrogen) atoms. The number of hydrogen-bond acceptors (Lipinski definition) is 5. The van der Waals surface area contributed by atoms with Crippen LogP contribution < -0.4 is 5.32 Å². The van der Waals surface area contributed by atoms with E-state index in [4.69, 9.17) is 9.47 Å². The molecule has 6 nitrogen and oxygen atoms in total. The molecular weight excluding hydrogens is 296 g/mol. The van der Waals surface area contributed by atoms with Crippen LogP contribution in [-0.2, 0) is 9.47 Å². The maximum Gasteiger partial charge on any atom is 0.410 e. The SMILES string of the molecule is CC(NCC(C)(O)C1CC1)C1COCCN1C(=O)OC(C)(C)C. The van der Waals surface area contributed by atoms with Crippen molar-refractivity contribution in [3.05, 3.63) is 0 Å². The maximum absolute atomic E-state index is 12.4. The zero-order valence-corrected chi connectivity index (χ0v) is 15.1. The highest BCUT2D eigenvalue weighted by Crippen LogP contribution is 2.39. The number of rotatable bonds is 5. The topological polar surface area (TPSA) is 71.0 Å². The molecule has 2 aliphatic rings. The second-order valence-corrected chi connectivity index (χ2v) is 8.12. The number of morpholine rings is 1. The molecule has 0 aromatic rings. The van der Waals surface area contributed by atoms with Gasteiger partial charge in [0.05, 0.1) is 24.9 Å². The Morgan fingerprint density at radius 1 is 1.39 bits per heavy atom. The molecule has 1 aliphatic heterocycles. The minimum atomic E-state index is -0.680. The van der Waals surface area contributed by atoms with Crippen LogP contribution in [0.2, 0.25) is 0 Å². The molecule has 1 saturated heterocycles. The first-order chi connectivity index (χ1) is 10.6. The van der Waals surface area contributed by atoms with Crippen molar-refractivity contribution in [3.63, 3.8) is 0 Å². The number of nitrogens with one attached hydrogen (secondary N) is 1. The third-order valence-electron chi connectivity index (χ3n) is 4.61. The molecule has 1 heterocycles. The normalized spacial score (nSPS) is 26.5. The zero-order chi connectivity index (χ0) is 17.3. The van der Waals surface area contributed by atoms with E-state index in [1.54, 1.807) is 4.90 Å². The summed E-state index contributed by atoms with van der Waals surface area (Å²) in [5.74, 6) is 0.395. The van der Waals surface area contributed by atoms with Crippen LogP contribution in [0.3, 0.4) is 0 Å². The first-order valence-electron chi connectivity index (χ1n) is 8.63. The van der Waals surface area contributed by atoms with E-state index >= 15 is 0 Å². The Hall–Kier alpha value is -0.850. The number of aliphatic hydroxyl groups is 1. The van der Waals surface area contributed by atoms with E-state index in [2.05, 4.69) is 5.32 Å². The predicted octanol–water partition coefficient (Wildman–Crippen LogP) is 1.76. The van der Waals surface area contributed by atoms with Gasteiger partial charge in [-0.1, -0.05) is 0 Å². The van der Waals surface area contributed by atoms with Crippen LogP contribution in [0, 0.1) is 5.92 Å². The molecule has 0 aromatic carbocycles. The average Bonchev–Trinajstić information content (AvgIpc) is 3.28. The van der Waals surface area contributed by atoms with Crippen molar-refractivity contribution < 1.29 is 19.4 Å². The zero-order valence-electron chi connectivity index (χ0n) is 15.1. The van der Waals surface area contributed by atoms with Crippen LogP contribution in [0.1, 0.15) is 47.5 Å².